The molecule has 1 aliphatic carbocycles. The van der Waals surface area contributed by atoms with Crippen molar-refractivity contribution in [2.24, 2.45) is 11.7 Å². The Kier molecular flexibility index (Phi) is 4.72. The van der Waals surface area contributed by atoms with Crippen LogP contribution in [-0.2, 0) is 17.5 Å². The van der Waals surface area contributed by atoms with Gasteiger partial charge < -0.3 is 15.8 Å². The average Bonchev–Trinajstić information content (AvgIpc) is 3.26. The number of alkyl halides is 3. The quantitative estimate of drug-likeness (QED) is 0.845. The minimum Gasteiger partial charge on any atom is -0.483 e. The van der Waals surface area contributed by atoms with Gasteiger partial charge in [-0.3, -0.25) is 4.79 Å². The third-order valence-electron chi connectivity index (χ3n) is 3.23. The average molecular weight is 302 g/mol. The van der Waals surface area contributed by atoms with Crippen LogP contribution in [-0.4, -0.2) is 19.1 Å². The van der Waals surface area contributed by atoms with Crippen molar-refractivity contribution in [3.8, 4) is 5.75 Å². The first-order valence-electron chi connectivity index (χ1n) is 6.70. The summed E-state index contributed by atoms with van der Waals surface area (Å²) >= 11 is 0. The van der Waals surface area contributed by atoms with Crippen molar-refractivity contribution in [1.82, 2.24) is 5.32 Å². The van der Waals surface area contributed by atoms with Gasteiger partial charge in [0.1, 0.15) is 5.75 Å². The lowest BCUT2D eigenvalue weighted by Gasteiger charge is -2.15. The second kappa shape index (κ2) is 6.34. The summed E-state index contributed by atoms with van der Waals surface area (Å²) < 4.78 is 43.8. The van der Waals surface area contributed by atoms with Crippen LogP contribution < -0.4 is 15.8 Å². The summed E-state index contributed by atoms with van der Waals surface area (Å²) in [7, 11) is 0. The Labute approximate surface area is 120 Å². The van der Waals surface area contributed by atoms with E-state index in [1.807, 2.05) is 0 Å². The molecule has 1 amide bonds. The van der Waals surface area contributed by atoms with Crippen LogP contribution in [0.25, 0.3) is 0 Å². The van der Waals surface area contributed by atoms with Crippen molar-refractivity contribution in [2.75, 3.05) is 13.2 Å². The van der Waals surface area contributed by atoms with E-state index in [-0.39, 0.29) is 12.3 Å². The molecule has 0 saturated heterocycles. The zero-order valence-corrected chi connectivity index (χ0v) is 11.4. The van der Waals surface area contributed by atoms with Gasteiger partial charge in [-0.2, -0.15) is 13.2 Å². The number of rotatable bonds is 6. The van der Waals surface area contributed by atoms with Gasteiger partial charge in [-0.05, 0) is 36.5 Å². The molecule has 0 aromatic heterocycles. The maximum atomic E-state index is 12.9. The molecule has 0 spiro atoms. The van der Waals surface area contributed by atoms with Crippen molar-refractivity contribution in [3.05, 3.63) is 29.3 Å². The molecular weight excluding hydrogens is 285 g/mol. The number of benzene rings is 1. The van der Waals surface area contributed by atoms with E-state index in [9.17, 15) is 18.0 Å². The van der Waals surface area contributed by atoms with Gasteiger partial charge in [0.15, 0.2) is 6.61 Å². The first-order chi connectivity index (χ1) is 9.90. The van der Waals surface area contributed by atoms with Crippen molar-refractivity contribution in [3.63, 3.8) is 0 Å². The second-order valence-corrected chi connectivity index (χ2v) is 5.07. The molecule has 7 heteroatoms. The van der Waals surface area contributed by atoms with Crippen molar-refractivity contribution in [1.29, 1.82) is 0 Å². The molecule has 0 unspecified atom stereocenters. The van der Waals surface area contributed by atoms with E-state index in [0.29, 0.717) is 18.0 Å². The van der Waals surface area contributed by atoms with Gasteiger partial charge in [0.25, 0.3) is 5.91 Å². The summed E-state index contributed by atoms with van der Waals surface area (Å²) in [6, 6.07) is 3.59. The number of ether oxygens (including phenoxy) is 1. The van der Waals surface area contributed by atoms with Gasteiger partial charge in [-0.25, -0.2) is 0 Å². The Morgan fingerprint density at radius 1 is 1.38 bits per heavy atom. The molecular formula is C14H17F3N2O2. The van der Waals surface area contributed by atoms with Crippen LogP contribution >= 0.6 is 0 Å². The highest BCUT2D eigenvalue weighted by molar-refractivity contribution is 5.77. The van der Waals surface area contributed by atoms with Crippen LogP contribution in [0.3, 0.4) is 0 Å². The highest BCUT2D eigenvalue weighted by Gasteiger charge is 2.34. The molecule has 0 radical (unpaired) electrons. The van der Waals surface area contributed by atoms with Crippen molar-refractivity contribution in [2.45, 2.75) is 25.6 Å². The van der Waals surface area contributed by atoms with Crippen LogP contribution in [0.2, 0.25) is 0 Å². The van der Waals surface area contributed by atoms with Crippen LogP contribution in [0.4, 0.5) is 13.2 Å². The molecule has 1 fully saturated rings. The van der Waals surface area contributed by atoms with E-state index in [1.165, 1.54) is 12.1 Å². The summed E-state index contributed by atoms with van der Waals surface area (Å²) in [4.78, 5) is 11.5. The molecule has 1 aromatic rings. The number of nitrogens with one attached hydrogen (secondary N) is 1. The van der Waals surface area contributed by atoms with E-state index in [1.54, 1.807) is 0 Å². The zero-order valence-electron chi connectivity index (χ0n) is 11.4. The van der Waals surface area contributed by atoms with Crippen molar-refractivity contribution < 1.29 is 22.7 Å². The number of halogens is 3. The number of carbonyl (C=O) groups is 1. The molecule has 0 heterocycles. The lowest BCUT2D eigenvalue weighted by Crippen LogP contribution is -2.30. The fraction of sp³-hybridized carbons (Fsp3) is 0.500. The van der Waals surface area contributed by atoms with E-state index < -0.39 is 24.3 Å². The number of nitrogens with two attached hydrogens (primary N) is 1. The monoisotopic (exact) mass is 302 g/mol. The summed E-state index contributed by atoms with van der Waals surface area (Å²) in [5.41, 5.74) is 4.77. The van der Waals surface area contributed by atoms with Crippen LogP contribution in [0, 0.1) is 5.92 Å². The maximum absolute atomic E-state index is 12.9. The predicted octanol–water partition coefficient (Wildman–Crippen LogP) is 2.07. The normalized spacial score (nSPS) is 14.9. The smallest absolute Gasteiger partial charge is 0.419 e. The third-order valence-corrected chi connectivity index (χ3v) is 3.23. The first-order valence-corrected chi connectivity index (χ1v) is 6.70. The topological polar surface area (TPSA) is 64.3 Å². The van der Waals surface area contributed by atoms with Gasteiger partial charge in [0, 0.05) is 13.1 Å². The summed E-state index contributed by atoms with van der Waals surface area (Å²) in [6.45, 7) is 0.128. The number of hydrogen-bond donors (Lipinski definition) is 2. The van der Waals surface area contributed by atoms with Gasteiger partial charge in [-0.1, -0.05) is 6.07 Å². The minimum absolute atomic E-state index is 0.00519. The Balaban J connectivity index is 1.99. The van der Waals surface area contributed by atoms with Crippen LogP contribution in [0.1, 0.15) is 24.0 Å². The molecule has 116 valence electrons. The summed E-state index contributed by atoms with van der Waals surface area (Å²) in [6.07, 6.45) is -2.38. The molecule has 1 aliphatic rings. The van der Waals surface area contributed by atoms with E-state index in [4.69, 9.17) is 10.5 Å². The lowest BCUT2D eigenvalue weighted by atomic mass is 10.1. The van der Waals surface area contributed by atoms with E-state index in [0.717, 1.165) is 18.9 Å². The molecule has 1 saturated carbocycles. The maximum Gasteiger partial charge on any atom is 0.419 e. The molecule has 0 atom stereocenters. The highest BCUT2D eigenvalue weighted by Crippen LogP contribution is 2.36. The molecule has 0 bridgehead atoms. The Bertz CT molecular complexity index is 513. The van der Waals surface area contributed by atoms with Crippen molar-refractivity contribution >= 4 is 5.91 Å². The molecule has 3 N–H and O–H groups in total. The Morgan fingerprint density at radius 3 is 2.67 bits per heavy atom. The summed E-state index contributed by atoms with van der Waals surface area (Å²) in [5, 5.41) is 2.63. The lowest BCUT2D eigenvalue weighted by molar-refractivity contribution is -0.139. The zero-order chi connectivity index (χ0) is 15.5. The van der Waals surface area contributed by atoms with Crippen LogP contribution in [0.15, 0.2) is 18.2 Å². The first kappa shape index (κ1) is 15.6. The molecule has 0 aliphatic heterocycles. The molecule has 21 heavy (non-hydrogen) atoms. The number of amides is 1. The van der Waals surface area contributed by atoms with Gasteiger partial charge in [0.2, 0.25) is 0 Å². The Hall–Kier alpha value is -1.76. The predicted molar refractivity (Wildman–Crippen MR) is 70.6 cm³/mol. The molecule has 2 rings (SSSR count). The fourth-order valence-corrected chi connectivity index (χ4v) is 1.83. The largest absolute Gasteiger partial charge is 0.483 e. The fourth-order valence-electron chi connectivity index (χ4n) is 1.83. The van der Waals surface area contributed by atoms with Gasteiger partial charge >= 0.3 is 6.18 Å². The SMILES string of the molecule is NCc1ccc(OCC(=O)NCC2CC2)c(C(F)(F)F)c1. The third kappa shape index (κ3) is 4.63. The number of hydrogen-bond acceptors (Lipinski definition) is 3. The van der Waals surface area contributed by atoms with Gasteiger partial charge in [-0.15, -0.1) is 0 Å². The van der Waals surface area contributed by atoms with Gasteiger partial charge in [0.05, 0.1) is 5.56 Å². The van der Waals surface area contributed by atoms with E-state index >= 15 is 0 Å². The van der Waals surface area contributed by atoms with Crippen LogP contribution in [0.5, 0.6) is 5.75 Å². The molecule has 1 aromatic carbocycles. The summed E-state index contributed by atoms with van der Waals surface area (Å²) in [5.74, 6) is -0.275. The second-order valence-electron chi connectivity index (χ2n) is 5.07. The standard InChI is InChI=1S/C14H17F3N2O2/c15-14(16,17)11-5-10(6-18)3-4-12(11)21-8-13(20)19-7-9-1-2-9/h3-5,9H,1-2,6-8,18H2,(H,19,20). The van der Waals surface area contributed by atoms with E-state index in [2.05, 4.69) is 5.32 Å². The highest BCUT2D eigenvalue weighted by atomic mass is 19.4. The minimum atomic E-state index is -4.55. The number of carbonyl (C=O) groups excluding carboxylic acids is 1. The Morgan fingerprint density at radius 2 is 2.10 bits per heavy atom. The molecule has 4 nitrogen and oxygen atoms in total.